The Balaban J connectivity index is 1.68. The lowest BCUT2D eigenvalue weighted by atomic mass is 9.97. The quantitative estimate of drug-likeness (QED) is 0.669. The second kappa shape index (κ2) is 5.61. The molecule has 4 N–H and O–H groups in total. The first kappa shape index (κ1) is 14.6. The largest absolute Gasteiger partial charge is 0.375 e. The van der Waals surface area contributed by atoms with Gasteiger partial charge in [0.15, 0.2) is 5.13 Å². The summed E-state index contributed by atoms with van der Waals surface area (Å²) in [6.07, 6.45) is 0.212. The molecule has 2 aromatic carbocycles. The molecule has 6 nitrogen and oxygen atoms in total. The van der Waals surface area contributed by atoms with Crippen LogP contribution in [0.3, 0.4) is 0 Å². The molecule has 1 aliphatic heterocycles. The van der Waals surface area contributed by atoms with E-state index in [0.717, 1.165) is 16.0 Å². The minimum absolute atomic E-state index is 0.112. The van der Waals surface area contributed by atoms with E-state index in [0.29, 0.717) is 16.2 Å². The van der Waals surface area contributed by atoms with Crippen molar-refractivity contribution >= 4 is 44.2 Å². The van der Waals surface area contributed by atoms with Crippen LogP contribution in [0.15, 0.2) is 42.5 Å². The summed E-state index contributed by atoms with van der Waals surface area (Å²) in [4.78, 5) is 28.8. The Morgan fingerprint density at radius 2 is 2.08 bits per heavy atom. The highest BCUT2D eigenvalue weighted by atomic mass is 32.1. The zero-order valence-electron chi connectivity index (χ0n) is 12.6. The highest BCUT2D eigenvalue weighted by Crippen LogP contribution is 2.31. The third kappa shape index (κ3) is 2.48. The standard InChI is InChI=1S/C17H14N4O2S/c18-17-21-12-7-3-5-10(15(12)24-17)16(23)20-13-8-14(22)19-11-6-2-1-4-9(11)13/h1-7,13H,8H2,(H2,18,21)(H,19,22)(H,20,23). The summed E-state index contributed by atoms with van der Waals surface area (Å²) in [5.41, 5.74) is 8.61. The number of anilines is 2. The number of hydrogen-bond donors (Lipinski definition) is 3. The molecule has 1 aliphatic rings. The topological polar surface area (TPSA) is 97.1 Å². The number of hydrogen-bond acceptors (Lipinski definition) is 5. The molecule has 0 fully saturated rings. The first-order valence-corrected chi connectivity index (χ1v) is 8.28. The van der Waals surface area contributed by atoms with Gasteiger partial charge in [-0.2, -0.15) is 0 Å². The second-order valence-electron chi connectivity index (χ2n) is 5.57. The summed E-state index contributed by atoms with van der Waals surface area (Å²) < 4.78 is 0.751. The number of benzene rings is 2. The number of aromatic nitrogens is 1. The van der Waals surface area contributed by atoms with Gasteiger partial charge in [-0.3, -0.25) is 9.59 Å². The van der Waals surface area contributed by atoms with Gasteiger partial charge in [-0.15, -0.1) is 0 Å². The maximum absolute atomic E-state index is 12.7. The molecule has 1 atom stereocenters. The highest BCUT2D eigenvalue weighted by molar-refractivity contribution is 7.22. The smallest absolute Gasteiger partial charge is 0.253 e. The molecule has 0 saturated heterocycles. The maximum Gasteiger partial charge on any atom is 0.253 e. The van der Waals surface area contributed by atoms with Crippen LogP contribution in [-0.2, 0) is 4.79 Å². The van der Waals surface area contributed by atoms with Crippen molar-refractivity contribution in [2.75, 3.05) is 11.1 Å². The van der Waals surface area contributed by atoms with Gasteiger partial charge < -0.3 is 16.4 Å². The molecule has 2 heterocycles. The van der Waals surface area contributed by atoms with Crippen molar-refractivity contribution in [3.05, 3.63) is 53.6 Å². The minimum Gasteiger partial charge on any atom is -0.375 e. The van der Waals surface area contributed by atoms with Crippen LogP contribution in [-0.4, -0.2) is 16.8 Å². The third-order valence-corrected chi connectivity index (χ3v) is 4.91. The molecule has 0 spiro atoms. The van der Waals surface area contributed by atoms with Crippen LogP contribution in [0.1, 0.15) is 28.4 Å². The Hall–Kier alpha value is -2.93. The average molecular weight is 338 g/mol. The predicted octanol–water partition coefficient (Wildman–Crippen LogP) is 2.69. The van der Waals surface area contributed by atoms with Gasteiger partial charge >= 0.3 is 0 Å². The average Bonchev–Trinajstić information content (AvgIpc) is 2.94. The molecular formula is C17H14N4O2S. The van der Waals surface area contributed by atoms with Gasteiger partial charge in [0.1, 0.15) is 0 Å². The van der Waals surface area contributed by atoms with E-state index in [1.165, 1.54) is 11.3 Å². The lowest BCUT2D eigenvalue weighted by molar-refractivity contribution is -0.116. The van der Waals surface area contributed by atoms with Gasteiger partial charge in [0.2, 0.25) is 5.91 Å². The van der Waals surface area contributed by atoms with Crippen molar-refractivity contribution in [1.29, 1.82) is 0 Å². The number of nitrogens with two attached hydrogens (primary N) is 1. The summed E-state index contributed by atoms with van der Waals surface area (Å²) in [5, 5.41) is 6.21. The van der Waals surface area contributed by atoms with Gasteiger partial charge in [-0.1, -0.05) is 35.6 Å². The molecule has 120 valence electrons. The summed E-state index contributed by atoms with van der Waals surface area (Å²) >= 11 is 1.28. The van der Waals surface area contributed by atoms with Crippen LogP contribution < -0.4 is 16.4 Å². The summed E-state index contributed by atoms with van der Waals surface area (Å²) in [6.45, 7) is 0. The molecule has 0 saturated carbocycles. The molecule has 1 aromatic heterocycles. The zero-order chi connectivity index (χ0) is 16.7. The number of nitrogens with zero attached hydrogens (tertiary/aromatic N) is 1. The second-order valence-corrected chi connectivity index (χ2v) is 6.60. The van der Waals surface area contributed by atoms with Crippen LogP contribution in [0.25, 0.3) is 10.2 Å². The lowest BCUT2D eigenvalue weighted by Gasteiger charge is -2.26. The first-order chi connectivity index (χ1) is 11.6. The number of fused-ring (bicyclic) bond motifs is 2. The Labute approximate surface area is 141 Å². The Morgan fingerprint density at radius 1 is 1.25 bits per heavy atom. The van der Waals surface area contributed by atoms with Crippen molar-refractivity contribution in [2.45, 2.75) is 12.5 Å². The van der Waals surface area contributed by atoms with Crippen LogP contribution in [0, 0.1) is 0 Å². The molecule has 7 heteroatoms. The first-order valence-electron chi connectivity index (χ1n) is 7.46. The molecule has 0 aliphatic carbocycles. The van der Waals surface area contributed by atoms with E-state index < -0.39 is 0 Å². The fourth-order valence-corrected chi connectivity index (χ4v) is 3.76. The normalized spacial score (nSPS) is 16.5. The highest BCUT2D eigenvalue weighted by Gasteiger charge is 2.27. The predicted molar refractivity (Wildman–Crippen MR) is 93.9 cm³/mol. The Bertz CT molecular complexity index is 966. The number of rotatable bonds is 2. The molecule has 0 bridgehead atoms. The van der Waals surface area contributed by atoms with Crippen molar-refractivity contribution in [3.8, 4) is 0 Å². The van der Waals surface area contributed by atoms with E-state index in [1.54, 1.807) is 12.1 Å². The number of thiazole rings is 1. The lowest BCUT2D eigenvalue weighted by Crippen LogP contribution is -2.35. The van der Waals surface area contributed by atoms with Crippen molar-refractivity contribution in [1.82, 2.24) is 10.3 Å². The number of nitrogens with one attached hydrogen (secondary N) is 2. The van der Waals surface area contributed by atoms with Crippen LogP contribution in [0.2, 0.25) is 0 Å². The molecule has 4 rings (SSSR count). The monoisotopic (exact) mass is 338 g/mol. The fourth-order valence-electron chi connectivity index (χ4n) is 2.92. The third-order valence-electron chi connectivity index (χ3n) is 3.98. The SMILES string of the molecule is Nc1nc2cccc(C(=O)NC3CC(=O)Nc4ccccc43)c2s1. The van der Waals surface area contributed by atoms with Crippen LogP contribution in [0.4, 0.5) is 10.8 Å². The van der Waals surface area contributed by atoms with Gasteiger partial charge in [-0.05, 0) is 23.8 Å². The maximum atomic E-state index is 12.7. The minimum atomic E-state index is -0.358. The fraction of sp³-hybridized carbons (Fsp3) is 0.118. The van der Waals surface area contributed by atoms with Gasteiger partial charge in [0.05, 0.1) is 28.2 Å². The van der Waals surface area contributed by atoms with Crippen LogP contribution >= 0.6 is 11.3 Å². The number of para-hydroxylation sites is 1. The van der Waals surface area contributed by atoms with E-state index in [4.69, 9.17) is 5.73 Å². The van der Waals surface area contributed by atoms with Crippen LogP contribution in [0.5, 0.6) is 0 Å². The van der Waals surface area contributed by atoms with E-state index >= 15 is 0 Å². The van der Waals surface area contributed by atoms with Gasteiger partial charge in [0.25, 0.3) is 5.91 Å². The Morgan fingerprint density at radius 3 is 2.96 bits per heavy atom. The van der Waals surface area contributed by atoms with E-state index in [1.807, 2.05) is 30.3 Å². The summed E-state index contributed by atoms with van der Waals surface area (Å²) in [7, 11) is 0. The molecule has 3 aromatic rings. The van der Waals surface area contributed by atoms with Gasteiger partial charge in [-0.25, -0.2) is 4.98 Å². The number of amides is 2. The summed E-state index contributed by atoms with van der Waals surface area (Å²) in [6, 6.07) is 12.5. The zero-order valence-corrected chi connectivity index (χ0v) is 13.4. The molecule has 24 heavy (non-hydrogen) atoms. The Kier molecular flexibility index (Phi) is 3.42. The molecule has 1 unspecified atom stereocenters. The number of nitrogen functional groups attached to an aromatic ring is 1. The molecule has 0 radical (unpaired) electrons. The van der Waals surface area contributed by atoms with Crippen molar-refractivity contribution in [2.24, 2.45) is 0 Å². The number of carbonyl (C=O) groups excluding carboxylic acids is 2. The molecular weight excluding hydrogens is 324 g/mol. The van der Waals surface area contributed by atoms with Crippen molar-refractivity contribution < 1.29 is 9.59 Å². The van der Waals surface area contributed by atoms with E-state index in [-0.39, 0.29) is 24.3 Å². The van der Waals surface area contributed by atoms with E-state index in [2.05, 4.69) is 15.6 Å². The van der Waals surface area contributed by atoms with E-state index in [9.17, 15) is 9.59 Å². The van der Waals surface area contributed by atoms with Crippen molar-refractivity contribution in [3.63, 3.8) is 0 Å². The summed E-state index contributed by atoms with van der Waals surface area (Å²) in [5.74, 6) is -0.349. The molecule has 2 amide bonds. The number of carbonyl (C=O) groups is 2. The van der Waals surface area contributed by atoms with Gasteiger partial charge in [0, 0.05) is 5.69 Å².